The number of benzene rings is 1. The van der Waals surface area contributed by atoms with Crippen molar-refractivity contribution < 1.29 is 9.13 Å². The van der Waals surface area contributed by atoms with Gasteiger partial charge in [0.15, 0.2) is 0 Å². The highest BCUT2D eigenvalue weighted by Crippen LogP contribution is 2.29. The van der Waals surface area contributed by atoms with E-state index < -0.39 is 5.67 Å². The lowest BCUT2D eigenvalue weighted by molar-refractivity contribution is 0.116. The number of hydrogen-bond donors (Lipinski definition) is 1. The van der Waals surface area contributed by atoms with Crippen LogP contribution in [-0.2, 0) is 6.42 Å². The Balaban J connectivity index is 2.10. The maximum Gasteiger partial charge on any atom is 0.121 e. The van der Waals surface area contributed by atoms with E-state index in [0.717, 1.165) is 30.0 Å². The molecule has 1 aromatic rings. The van der Waals surface area contributed by atoms with E-state index in [1.807, 2.05) is 25.1 Å². The fraction of sp³-hybridized carbons (Fsp3) is 0.571. The number of hydrogen-bond acceptors (Lipinski definition) is 2. The summed E-state index contributed by atoms with van der Waals surface area (Å²) in [5, 5.41) is 3.20. The molecule has 0 amide bonds. The van der Waals surface area contributed by atoms with Gasteiger partial charge in [0.25, 0.3) is 0 Å². The first-order valence-electron chi connectivity index (χ1n) is 6.16. The van der Waals surface area contributed by atoms with Crippen LogP contribution in [-0.4, -0.2) is 25.9 Å². The first-order valence-corrected chi connectivity index (χ1v) is 6.16. The second kappa shape index (κ2) is 5.05. The normalized spacial score (nSPS) is 19.0. The van der Waals surface area contributed by atoms with Gasteiger partial charge in [-0.25, -0.2) is 4.39 Å². The largest absolute Gasteiger partial charge is 0.496 e. The number of piperidine rings is 1. The maximum atomic E-state index is 14.5. The molecule has 0 radical (unpaired) electrons. The highest BCUT2D eigenvalue weighted by molar-refractivity contribution is 5.36. The molecule has 1 saturated heterocycles. The van der Waals surface area contributed by atoms with E-state index in [2.05, 4.69) is 5.32 Å². The molecule has 0 atom stereocenters. The zero-order valence-electron chi connectivity index (χ0n) is 10.6. The minimum absolute atomic E-state index is 0.513. The molecular weight excluding hydrogens is 217 g/mol. The van der Waals surface area contributed by atoms with E-state index in [1.54, 1.807) is 7.11 Å². The molecule has 1 aromatic carbocycles. The molecule has 0 unspecified atom stereocenters. The number of rotatable bonds is 3. The van der Waals surface area contributed by atoms with Gasteiger partial charge in [-0.1, -0.05) is 12.1 Å². The molecule has 0 spiro atoms. The quantitative estimate of drug-likeness (QED) is 0.872. The fourth-order valence-electron chi connectivity index (χ4n) is 2.47. The number of ether oxygens (including phenoxy) is 1. The fourth-order valence-corrected chi connectivity index (χ4v) is 2.47. The van der Waals surface area contributed by atoms with Crippen molar-refractivity contribution in [1.82, 2.24) is 5.32 Å². The highest BCUT2D eigenvalue weighted by atomic mass is 19.1. The summed E-state index contributed by atoms with van der Waals surface area (Å²) in [6.07, 6.45) is 1.73. The third-order valence-electron chi connectivity index (χ3n) is 3.48. The highest BCUT2D eigenvalue weighted by Gasteiger charge is 2.31. The first kappa shape index (κ1) is 12.4. The van der Waals surface area contributed by atoms with Gasteiger partial charge >= 0.3 is 0 Å². The van der Waals surface area contributed by atoms with Crippen molar-refractivity contribution in [1.29, 1.82) is 0 Å². The second-order valence-corrected chi connectivity index (χ2v) is 4.88. The zero-order chi connectivity index (χ0) is 12.3. The van der Waals surface area contributed by atoms with Crippen LogP contribution in [0.5, 0.6) is 5.75 Å². The summed E-state index contributed by atoms with van der Waals surface area (Å²) < 4.78 is 19.7. The Hall–Kier alpha value is -1.09. The SMILES string of the molecule is COc1ccc(CC2(F)CCNCC2)cc1C. The minimum Gasteiger partial charge on any atom is -0.496 e. The average Bonchev–Trinajstić information content (AvgIpc) is 2.29. The van der Waals surface area contributed by atoms with Gasteiger partial charge in [0.1, 0.15) is 11.4 Å². The van der Waals surface area contributed by atoms with Gasteiger partial charge in [-0.2, -0.15) is 0 Å². The summed E-state index contributed by atoms with van der Waals surface area (Å²) in [6, 6.07) is 5.92. The summed E-state index contributed by atoms with van der Waals surface area (Å²) in [5.74, 6) is 0.868. The Labute approximate surface area is 102 Å². The topological polar surface area (TPSA) is 21.3 Å². The van der Waals surface area contributed by atoms with Crippen molar-refractivity contribution >= 4 is 0 Å². The van der Waals surface area contributed by atoms with Crippen molar-refractivity contribution in [3.63, 3.8) is 0 Å². The lowest BCUT2D eigenvalue weighted by Crippen LogP contribution is -2.40. The van der Waals surface area contributed by atoms with Gasteiger partial charge < -0.3 is 10.1 Å². The summed E-state index contributed by atoms with van der Waals surface area (Å²) in [6.45, 7) is 3.56. The lowest BCUT2D eigenvalue weighted by Gasteiger charge is -2.30. The molecule has 0 bridgehead atoms. The number of aryl methyl sites for hydroxylation is 1. The van der Waals surface area contributed by atoms with Crippen LogP contribution in [0.1, 0.15) is 24.0 Å². The number of methoxy groups -OCH3 is 1. The minimum atomic E-state index is -1.04. The van der Waals surface area contributed by atoms with Crippen LogP contribution in [0, 0.1) is 6.92 Å². The molecule has 2 nitrogen and oxygen atoms in total. The monoisotopic (exact) mass is 237 g/mol. The first-order chi connectivity index (χ1) is 8.13. The van der Waals surface area contributed by atoms with E-state index in [0.29, 0.717) is 19.3 Å². The Kier molecular flexibility index (Phi) is 3.67. The smallest absolute Gasteiger partial charge is 0.121 e. The summed E-state index contributed by atoms with van der Waals surface area (Å²) in [4.78, 5) is 0. The van der Waals surface area contributed by atoms with Gasteiger partial charge in [0.2, 0.25) is 0 Å². The Bertz CT molecular complexity index is 386. The molecule has 3 heteroatoms. The lowest BCUT2D eigenvalue weighted by atomic mass is 9.87. The molecule has 0 aromatic heterocycles. The van der Waals surface area contributed by atoms with Crippen LogP contribution in [0.15, 0.2) is 18.2 Å². The van der Waals surface area contributed by atoms with Crippen molar-refractivity contribution in [3.05, 3.63) is 29.3 Å². The van der Waals surface area contributed by atoms with Crippen molar-refractivity contribution in [2.75, 3.05) is 20.2 Å². The molecule has 94 valence electrons. The van der Waals surface area contributed by atoms with Crippen LogP contribution in [0.3, 0.4) is 0 Å². The molecule has 17 heavy (non-hydrogen) atoms. The van der Waals surface area contributed by atoms with Crippen molar-refractivity contribution in [2.24, 2.45) is 0 Å². The summed E-state index contributed by atoms with van der Waals surface area (Å²) in [7, 11) is 1.66. The standard InChI is InChI=1S/C14H20FNO/c1-11-9-12(3-4-13(11)17-2)10-14(15)5-7-16-8-6-14/h3-4,9,16H,5-8,10H2,1-2H3. The molecule has 1 N–H and O–H groups in total. The van der Waals surface area contributed by atoms with E-state index >= 15 is 0 Å². The number of alkyl halides is 1. The third kappa shape index (κ3) is 2.97. The van der Waals surface area contributed by atoms with Crippen LogP contribution in [0.4, 0.5) is 4.39 Å². The predicted molar refractivity (Wildman–Crippen MR) is 67.4 cm³/mol. The second-order valence-electron chi connectivity index (χ2n) is 4.88. The third-order valence-corrected chi connectivity index (χ3v) is 3.48. The Morgan fingerprint density at radius 1 is 1.35 bits per heavy atom. The number of nitrogens with one attached hydrogen (secondary N) is 1. The Morgan fingerprint density at radius 2 is 2.06 bits per heavy atom. The van der Waals surface area contributed by atoms with E-state index in [4.69, 9.17) is 4.74 Å². The maximum absolute atomic E-state index is 14.5. The van der Waals surface area contributed by atoms with Crippen LogP contribution in [0.25, 0.3) is 0 Å². The van der Waals surface area contributed by atoms with E-state index in [9.17, 15) is 4.39 Å². The van der Waals surface area contributed by atoms with Crippen molar-refractivity contribution in [3.8, 4) is 5.75 Å². The van der Waals surface area contributed by atoms with Gasteiger partial charge in [-0.15, -0.1) is 0 Å². The molecule has 1 fully saturated rings. The molecule has 0 saturated carbocycles. The zero-order valence-corrected chi connectivity index (χ0v) is 10.6. The molecule has 2 rings (SSSR count). The molecule has 1 aliphatic heterocycles. The molecule has 1 aliphatic rings. The molecule has 0 aliphatic carbocycles. The molecular formula is C14H20FNO. The average molecular weight is 237 g/mol. The molecule has 1 heterocycles. The van der Waals surface area contributed by atoms with Crippen LogP contribution >= 0.6 is 0 Å². The Morgan fingerprint density at radius 3 is 2.65 bits per heavy atom. The van der Waals surface area contributed by atoms with Crippen molar-refractivity contribution in [2.45, 2.75) is 31.9 Å². The van der Waals surface area contributed by atoms with Gasteiger partial charge in [0.05, 0.1) is 7.11 Å². The number of halogens is 1. The van der Waals surface area contributed by atoms with E-state index in [-0.39, 0.29) is 0 Å². The van der Waals surface area contributed by atoms with Crippen LogP contribution in [0.2, 0.25) is 0 Å². The summed E-state index contributed by atoms with van der Waals surface area (Å²) in [5.41, 5.74) is 1.10. The predicted octanol–water partition coefficient (Wildman–Crippen LogP) is 2.64. The summed E-state index contributed by atoms with van der Waals surface area (Å²) >= 11 is 0. The van der Waals surface area contributed by atoms with E-state index in [1.165, 1.54) is 0 Å². The van der Waals surface area contributed by atoms with Gasteiger partial charge in [-0.3, -0.25) is 0 Å². The van der Waals surface area contributed by atoms with Crippen LogP contribution < -0.4 is 10.1 Å². The van der Waals surface area contributed by atoms with Gasteiger partial charge in [-0.05, 0) is 50.0 Å². The van der Waals surface area contributed by atoms with Gasteiger partial charge in [0, 0.05) is 6.42 Å².